The Labute approximate surface area is 110 Å². The van der Waals surface area contributed by atoms with Gasteiger partial charge in [0, 0.05) is 31.6 Å². The number of carboxylic acid groups (broad SMARTS) is 1. The van der Waals surface area contributed by atoms with E-state index in [0.29, 0.717) is 16.5 Å². The molecule has 2 N–H and O–H groups in total. The molecule has 5 heteroatoms. The summed E-state index contributed by atoms with van der Waals surface area (Å²) in [6.07, 6.45) is 0. The molecule has 0 spiro atoms. The van der Waals surface area contributed by atoms with Gasteiger partial charge in [0.05, 0.1) is 12.1 Å². The van der Waals surface area contributed by atoms with E-state index in [1.807, 2.05) is 12.1 Å². The monoisotopic (exact) mass is 260 g/mol. The average Bonchev–Trinajstić information content (AvgIpc) is 2.81. The van der Waals surface area contributed by atoms with Crippen LogP contribution in [-0.2, 0) is 6.54 Å². The number of furan rings is 1. The number of nitrogens with one attached hydrogen (secondary N) is 1. The zero-order valence-electron chi connectivity index (χ0n) is 10.6. The molecule has 0 bridgehead atoms. The molecular formula is C14H16N2O3. The van der Waals surface area contributed by atoms with Gasteiger partial charge in [-0.3, -0.25) is 4.90 Å². The quantitative estimate of drug-likeness (QED) is 0.876. The molecule has 1 aliphatic heterocycles. The molecular weight excluding hydrogens is 244 g/mol. The molecule has 1 aromatic heterocycles. The van der Waals surface area contributed by atoms with E-state index in [-0.39, 0.29) is 0 Å². The van der Waals surface area contributed by atoms with Gasteiger partial charge in [-0.15, -0.1) is 0 Å². The third-order valence-electron chi connectivity index (χ3n) is 3.43. The first kappa shape index (κ1) is 12.2. The number of carboxylic acids is 1. The number of hydrogen-bond donors (Lipinski definition) is 2. The number of rotatable bonds is 3. The van der Waals surface area contributed by atoms with E-state index in [4.69, 9.17) is 9.52 Å². The summed E-state index contributed by atoms with van der Waals surface area (Å²) >= 11 is 0. The normalized spacial score (nSPS) is 16.8. The van der Waals surface area contributed by atoms with Crippen LogP contribution in [0.4, 0.5) is 0 Å². The van der Waals surface area contributed by atoms with Gasteiger partial charge in [-0.05, 0) is 18.2 Å². The highest BCUT2D eigenvalue weighted by molar-refractivity contribution is 6.02. The number of aromatic carboxylic acids is 1. The topological polar surface area (TPSA) is 65.7 Å². The number of carbonyl (C=O) groups is 1. The predicted molar refractivity (Wildman–Crippen MR) is 71.3 cm³/mol. The maximum Gasteiger partial charge on any atom is 0.336 e. The molecule has 1 aromatic carbocycles. The van der Waals surface area contributed by atoms with E-state index in [1.54, 1.807) is 12.1 Å². The fraction of sp³-hybridized carbons (Fsp3) is 0.357. The summed E-state index contributed by atoms with van der Waals surface area (Å²) in [4.78, 5) is 13.5. The van der Waals surface area contributed by atoms with Crippen molar-refractivity contribution in [2.24, 2.45) is 0 Å². The van der Waals surface area contributed by atoms with E-state index in [2.05, 4.69) is 10.2 Å². The minimum atomic E-state index is -0.917. The van der Waals surface area contributed by atoms with E-state index in [1.165, 1.54) is 0 Å². The van der Waals surface area contributed by atoms with Crippen LogP contribution >= 0.6 is 0 Å². The van der Waals surface area contributed by atoms with Crippen LogP contribution in [0.15, 0.2) is 28.7 Å². The van der Waals surface area contributed by atoms with Crippen molar-refractivity contribution in [3.63, 3.8) is 0 Å². The van der Waals surface area contributed by atoms with Crippen molar-refractivity contribution in [2.75, 3.05) is 26.2 Å². The van der Waals surface area contributed by atoms with Gasteiger partial charge in [-0.2, -0.15) is 0 Å². The summed E-state index contributed by atoms with van der Waals surface area (Å²) in [5.74, 6) is -0.0919. The molecule has 0 radical (unpaired) electrons. The minimum Gasteiger partial charge on any atom is -0.478 e. The molecule has 0 saturated carbocycles. The number of nitrogens with zero attached hydrogens (tertiary/aromatic N) is 1. The van der Waals surface area contributed by atoms with Crippen molar-refractivity contribution in [3.05, 3.63) is 35.6 Å². The van der Waals surface area contributed by atoms with Gasteiger partial charge in [0.15, 0.2) is 0 Å². The summed E-state index contributed by atoms with van der Waals surface area (Å²) < 4.78 is 5.74. The molecule has 2 aromatic rings. The molecule has 0 atom stereocenters. The predicted octanol–water partition coefficient (Wildman–Crippen LogP) is 1.54. The molecule has 0 amide bonds. The third kappa shape index (κ3) is 2.47. The third-order valence-corrected chi connectivity index (χ3v) is 3.43. The van der Waals surface area contributed by atoms with E-state index < -0.39 is 5.97 Å². The summed E-state index contributed by atoms with van der Waals surface area (Å²) in [5.41, 5.74) is 0.942. The lowest BCUT2D eigenvalue weighted by Gasteiger charge is -2.26. The van der Waals surface area contributed by atoms with Crippen molar-refractivity contribution < 1.29 is 14.3 Å². The number of hydrogen-bond acceptors (Lipinski definition) is 4. The van der Waals surface area contributed by atoms with Crippen LogP contribution in [0.5, 0.6) is 0 Å². The lowest BCUT2D eigenvalue weighted by Crippen LogP contribution is -2.42. The minimum absolute atomic E-state index is 0.299. The van der Waals surface area contributed by atoms with E-state index in [9.17, 15) is 4.79 Å². The van der Waals surface area contributed by atoms with Crippen molar-refractivity contribution in [3.8, 4) is 0 Å². The second kappa shape index (κ2) is 5.03. The zero-order valence-corrected chi connectivity index (χ0v) is 10.6. The van der Waals surface area contributed by atoms with Gasteiger partial charge in [0.2, 0.25) is 0 Å². The lowest BCUT2D eigenvalue weighted by molar-refractivity contribution is 0.0699. The highest BCUT2D eigenvalue weighted by Crippen LogP contribution is 2.24. The lowest BCUT2D eigenvalue weighted by atomic mass is 10.1. The maximum atomic E-state index is 11.2. The number of benzene rings is 1. The number of fused-ring (bicyclic) bond motifs is 1. The zero-order chi connectivity index (χ0) is 13.2. The Morgan fingerprint density at radius 2 is 2.16 bits per heavy atom. The van der Waals surface area contributed by atoms with Gasteiger partial charge in [-0.25, -0.2) is 4.79 Å². The Hall–Kier alpha value is -1.85. The van der Waals surface area contributed by atoms with Crippen molar-refractivity contribution in [1.82, 2.24) is 10.2 Å². The summed E-state index contributed by atoms with van der Waals surface area (Å²) in [6, 6.07) is 6.97. The molecule has 100 valence electrons. The fourth-order valence-electron chi connectivity index (χ4n) is 2.47. The van der Waals surface area contributed by atoms with Crippen LogP contribution in [0.1, 0.15) is 16.1 Å². The smallest absolute Gasteiger partial charge is 0.336 e. The van der Waals surface area contributed by atoms with Crippen LogP contribution in [0.3, 0.4) is 0 Å². The Morgan fingerprint density at radius 3 is 2.89 bits per heavy atom. The standard InChI is InChI=1S/C14H16N2O3/c17-14(18)11-2-1-3-13-12(11)8-10(19-13)9-16-6-4-15-5-7-16/h1-3,8,15H,4-7,9H2,(H,17,18). The molecule has 3 rings (SSSR count). The average molecular weight is 260 g/mol. The summed E-state index contributed by atoms with van der Waals surface area (Å²) in [7, 11) is 0. The fourth-order valence-corrected chi connectivity index (χ4v) is 2.47. The first-order valence-electron chi connectivity index (χ1n) is 6.42. The van der Waals surface area contributed by atoms with Crippen LogP contribution in [-0.4, -0.2) is 42.2 Å². The molecule has 1 fully saturated rings. The van der Waals surface area contributed by atoms with Gasteiger partial charge in [0.25, 0.3) is 0 Å². The summed E-state index contributed by atoms with van der Waals surface area (Å²) in [6.45, 7) is 4.68. The highest BCUT2D eigenvalue weighted by Gasteiger charge is 2.15. The van der Waals surface area contributed by atoms with Crippen molar-refractivity contribution in [2.45, 2.75) is 6.54 Å². The molecule has 19 heavy (non-hydrogen) atoms. The highest BCUT2D eigenvalue weighted by atomic mass is 16.4. The second-order valence-electron chi connectivity index (χ2n) is 4.76. The Bertz CT molecular complexity index is 600. The Balaban J connectivity index is 1.88. The molecule has 1 saturated heterocycles. The van der Waals surface area contributed by atoms with Crippen LogP contribution in [0, 0.1) is 0 Å². The maximum absolute atomic E-state index is 11.2. The first-order chi connectivity index (χ1) is 9.24. The van der Waals surface area contributed by atoms with Gasteiger partial charge < -0.3 is 14.8 Å². The van der Waals surface area contributed by atoms with Gasteiger partial charge in [0.1, 0.15) is 11.3 Å². The molecule has 0 unspecified atom stereocenters. The largest absolute Gasteiger partial charge is 0.478 e. The van der Waals surface area contributed by atoms with Crippen molar-refractivity contribution >= 4 is 16.9 Å². The van der Waals surface area contributed by atoms with E-state index >= 15 is 0 Å². The van der Waals surface area contributed by atoms with Crippen LogP contribution in [0.25, 0.3) is 11.0 Å². The Kier molecular flexibility index (Phi) is 3.23. The van der Waals surface area contributed by atoms with Gasteiger partial charge in [-0.1, -0.05) is 6.07 Å². The number of piperazine rings is 1. The summed E-state index contributed by atoms with van der Waals surface area (Å²) in [5, 5.41) is 13.1. The van der Waals surface area contributed by atoms with E-state index in [0.717, 1.165) is 38.5 Å². The van der Waals surface area contributed by atoms with Gasteiger partial charge >= 0.3 is 5.97 Å². The molecule has 2 heterocycles. The second-order valence-corrected chi connectivity index (χ2v) is 4.76. The SMILES string of the molecule is O=C(O)c1cccc2oc(CN3CCNCC3)cc12. The molecule has 5 nitrogen and oxygen atoms in total. The van der Waals surface area contributed by atoms with Crippen molar-refractivity contribution in [1.29, 1.82) is 0 Å². The molecule has 1 aliphatic rings. The Morgan fingerprint density at radius 1 is 1.37 bits per heavy atom. The first-order valence-corrected chi connectivity index (χ1v) is 6.42. The van der Waals surface area contributed by atoms with Crippen LogP contribution < -0.4 is 5.32 Å². The van der Waals surface area contributed by atoms with Crippen LogP contribution in [0.2, 0.25) is 0 Å². The molecule has 0 aliphatic carbocycles.